The summed E-state index contributed by atoms with van der Waals surface area (Å²) in [5, 5.41) is 5.45. The molecule has 1 aromatic rings. The predicted molar refractivity (Wildman–Crippen MR) is 105 cm³/mol. The van der Waals surface area contributed by atoms with Crippen LogP contribution in [-0.2, 0) is 19.6 Å². The maximum atomic E-state index is 12.9. The van der Waals surface area contributed by atoms with Gasteiger partial charge >= 0.3 is 0 Å². The highest BCUT2D eigenvalue weighted by Crippen LogP contribution is 2.36. The van der Waals surface area contributed by atoms with Gasteiger partial charge in [0.05, 0.1) is 17.3 Å². The zero-order chi connectivity index (χ0) is 20.5. The van der Waals surface area contributed by atoms with Gasteiger partial charge in [0.1, 0.15) is 10.6 Å². The van der Waals surface area contributed by atoms with Crippen molar-refractivity contribution in [3.8, 4) is 5.75 Å². The molecule has 10 heteroatoms. The molecule has 0 radical (unpaired) electrons. The highest BCUT2D eigenvalue weighted by atomic mass is 35.5. The molecule has 28 heavy (non-hydrogen) atoms. The Bertz CT molecular complexity index is 889. The van der Waals surface area contributed by atoms with Crippen molar-refractivity contribution in [3.05, 3.63) is 17.2 Å². The molecule has 1 aliphatic carbocycles. The minimum atomic E-state index is -4.02. The predicted octanol–water partition coefficient (Wildman–Crippen LogP) is 1.99. The molecular weight excluding hydrogens is 406 g/mol. The number of fused-ring (bicyclic) bond motifs is 1. The third kappa shape index (κ3) is 4.42. The second-order valence-electron chi connectivity index (χ2n) is 7.31. The Morgan fingerprint density at radius 1 is 1.36 bits per heavy atom. The molecule has 1 aromatic carbocycles. The molecule has 2 N–H and O–H groups in total. The van der Waals surface area contributed by atoms with E-state index in [1.54, 1.807) is 0 Å². The third-order valence-corrected chi connectivity index (χ3v) is 7.45. The molecule has 1 aliphatic heterocycles. The number of carbonyl (C=O) groups excluding carboxylic acids is 2. The number of amides is 2. The maximum absolute atomic E-state index is 12.9. The van der Waals surface area contributed by atoms with Gasteiger partial charge in [0.25, 0.3) is 5.91 Å². The van der Waals surface area contributed by atoms with Gasteiger partial charge in [-0.3, -0.25) is 9.59 Å². The van der Waals surface area contributed by atoms with Crippen molar-refractivity contribution in [2.75, 3.05) is 25.5 Å². The minimum Gasteiger partial charge on any atom is -0.482 e. The van der Waals surface area contributed by atoms with Gasteiger partial charge < -0.3 is 15.4 Å². The number of ether oxygens (including phenoxy) is 1. The smallest absolute Gasteiger partial charge is 0.262 e. The van der Waals surface area contributed by atoms with Gasteiger partial charge in [0.15, 0.2) is 6.61 Å². The molecule has 1 saturated carbocycles. The Balaban J connectivity index is 1.73. The van der Waals surface area contributed by atoms with Crippen molar-refractivity contribution in [1.82, 2.24) is 9.62 Å². The highest BCUT2D eigenvalue weighted by molar-refractivity contribution is 7.89. The largest absolute Gasteiger partial charge is 0.482 e. The number of carbonyl (C=O) groups is 2. The number of nitrogens with zero attached hydrogens (tertiary/aromatic N) is 1. The van der Waals surface area contributed by atoms with Crippen molar-refractivity contribution in [2.45, 2.75) is 43.5 Å². The molecule has 2 amide bonds. The first-order valence-corrected chi connectivity index (χ1v) is 11.0. The van der Waals surface area contributed by atoms with E-state index in [1.807, 2.05) is 0 Å². The normalized spacial score (nSPS) is 22.2. The van der Waals surface area contributed by atoms with E-state index >= 15 is 0 Å². The lowest BCUT2D eigenvalue weighted by molar-refractivity contribution is -0.122. The molecule has 8 nitrogen and oxygen atoms in total. The van der Waals surface area contributed by atoms with E-state index in [-0.39, 0.29) is 46.7 Å². The molecule has 0 bridgehead atoms. The summed E-state index contributed by atoms with van der Waals surface area (Å²) < 4.78 is 32.1. The number of benzene rings is 1. The summed E-state index contributed by atoms with van der Waals surface area (Å²) in [5.41, 5.74) is 0.312. The van der Waals surface area contributed by atoms with Gasteiger partial charge in [0, 0.05) is 19.2 Å². The Hall–Kier alpha value is -1.84. The van der Waals surface area contributed by atoms with Crippen molar-refractivity contribution in [3.63, 3.8) is 0 Å². The summed E-state index contributed by atoms with van der Waals surface area (Å²) in [5.74, 6) is -0.0918. The fourth-order valence-corrected chi connectivity index (χ4v) is 5.16. The number of halogens is 1. The molecule has 2 atom stereocenters. The fraction of sp³-hybridized carbons (Fsp3) is 0.556. The summed E-state index contributed by atoms with van der Waals surface area (Å²) >= 11 is 6.14. The van der Waals surface area contributed by atoms with Gasteiger partial charge in [-0.1, -0.05) is 31.4 Å². The average Bonchev–Trinajstić information content (AvgIpc) is 2.62. The number of anilines is 1. The summed E-state index contributed by atoms with van der Waals surface area (Å²) in [4.78, 5) is 23.6. The Morgan fingerprint density at radius 3 is 2.79 bits per heavy atom. The van der Waals surface area contributed by atoms with Crippen molar-refractivity contribution < 1.29 is 22.7 Å². The number of likely N-dealkylation sites (N-methyl/N-ethyl adjacent to an activating group) is 1. The van der Waals surface area contributed by atoms with Gasteiger partial charge in [0.2, 0.25) is 15.9 Å². The van der Waals surface area contributed by atoms with Crippen molar-refractivity contribution >= 4 is 39.1 Å². The fourth-order valence-electron chi connectivity index (χ4n) is 3.52. The van der Waals surface area contributed by atoms with Crippen LogP contribution in [0.1, 0.15) is 32.6 Å². The molecule has 3 rings (SSSR count). The quantitative estimate of drug-likeness (QED) is 0.744. The molecule has 0 saturated heterocycles. The van der Waals surface area contributed by atoms with E-state index in [0.29, 0.717) is 11.6 Å². The van der Waals surface area contributed by atoms with Crippen LogP contribution >= 0.6 is 11.6 Å². The second-order valence-corrected chi connectivity index (χ2v) is 9.73. The van der Waals surface area contributed by atoms with Gasteiger partial charge in [-0.25, -0.2) is 8.42 Å². The number of sulfonamides is 1. The van der Waals surface area contributed by atoms with Gasteiger partial charge in [-0.2, -0.15) is 4.31 Å². The van der Waals surface area contributed by atoms with E-state index in [9.17, 15) is 18.0 Å². The number of nitrogens with one attached hydrogen (secondary N) is 2. The van der Waals surface area contributed by atoms with Crippen molar-refractivity contribution in [2.24, 2.45) is 5.92 Å². The SMILES string of the molecule is C[C@H]1CCCC[C@H]1NC(=O)CN(C)S(=O)(=O)c1cc2c(cc1Cl)NC(=O)CO2. The van der Waals surface area contributed by atoms with Crippen LogP contribution in [0.2, 0.25) is 5.02 Å². The zero-order valence-corrected chi connectivity index (χ0v) is 17.4. The zero-order valence-electron chi connectivity index (χ0n) is 15.8. The Morgan fingerprint density at radius 2 is 2.07 bits per heavy atom. The van der Waals surface area contributed by atoms with E-state index in [1.165, 1.54) is 19.2 Å². The maximum Gasteiger partial charge on any atom is 0.262 e. The molecule has 154 valence electrons. The molecule has 0 spiro atoms. The summed E-state index contributed by atoms with van der Waals surface area (Å²) in [6.45, 7) is 1.58. The van der Waals surface area contributed by atoms with Crippen LogP contribution < -0.4 is 15.4 Å². The first-order valence-electron chi connectivity index (χ1n) is 9.20. The summed E-state index contributed by atoms with van der Waals surface area (Å²) in [7, 11) is -2.69. The molecule has 2 aliphatic rings. The molecule has 1 heterocycles. The van der Waals surface area contributed by atoms with Crippen LogP contribution in [0.25, 0.3) is 0 Å². The van der Waals surface area contributed by atoms with E-state index in [0.717, 1.165) is 30.0 Å². The van der Waals surface area contributed by atoms with Crippen LogP contribution in [0.15, 0.2) is 17.0 Å². The van der Waals surface area contributed by atoms with Crippen LogP contribution in [0.4, 0.5) is 5.69 Å². The van der Waals surface area contributed by atoms with E-state index in [2.05, 4.69) is 17.6 Å². The lowest BCUT2D eigenvalue weighted by atomic mass is 9.86. The van der Waals surface area contributed by atoms with Gasteiger partial charge in [-0.15, -0.1) is 0 Å². The number of rotatable bonds is 5. The van der Waals surface area contributed by atoms with Crippen LogP contribution in [0, 0.1) is 5.92 Å². The van der Waals surface area contributed by atoms with Gasteiger partial charge in [-0.05, 0) is 24.8 Å². The lowest BCUT2D eigenvalue weighted by Crippen LogP contribution is -2.46. The monoisotopic (exact) mass is 429 g/mol. The molecule has 0 unspecified atom stereocenters. The molecule has 0 aromatic heterocycles. The third-order valence-electron chi connectivity index (χ3n) is 5.18. The van der Waals surface area contributed by atoms with E-state index < -0.39 is 10.0 Å². The first-order chi connectivity index (χ1) is 13.2. The van der Waals surface area contributed by atoms with Crippen molar-refractivity contribution in [1.29, 1.82) is 0 Å². The summed E-state index contributed by atoms with van der Waals surface area (Å²) in [6, 6.07) is 2.67. The lowest BCUT2D eigenvalue weighted by Gasteiger charge is -2.30. The summed E-state index contributed by atoms with van der Waals surface area (Å²) in [6.07, 6.45) is 4.18. The van der Waals surface area contributed by atoms with Crippen LogP contribution in [0.3, 0.4) is 0 Å². The average molecular weight is 430 g/mol. The Kier molecular flexibility index (Phi) is 6.16. The second kappa shape index (κ2) is 8.26. The highest BCUT2D eigenvalue weighted by Gasteiger charge is 2.30. The topological polar surface area (TPSA) is 105 Å². The van der Waals surface area contributed by atoms with E-state index in [4.69, 9.17) is 16.3 Å². The molecular formula is C18H24ClN3O5S. The minimum absolute atomic E-state index is 0.0577. The molecule has 1 fully saturated rings. The first kappa shape index (κ1) is 20.9. The van der Waals surface area contributed by atoms with Crippen LogP contribution in [-0.4, -0.2) is 50.8 Å². The van der Waals surface area contributed by atoms with Crippen LogP contribution in [0.5, 0.6) is 5.75 Å². The number of hydrogen-bond acceptors (Lipinski definition) is 5. The standard InChI is InChI=1S/C18H24ClN3O5S/c1-11-5-3-4-6-13(11)20-17(23)9-22(2)28(25,26)16-8-15-14(7-12(16)19)21-18(24)10-27-15/h7-8,11,13H,3-6,9-10H2,1-2H3,(H,20,23)(H,21,24)/t11-,13+/m0/s1. The number of hydrogen-bond donors (Lipinski definition) is 2. The Labute approximate surface area is 169 Å².